The SMILES string of the molecule is CCNC(=O)C(=O)c1c[nH]c2nc(C)c(C(=O)N3C[C@H](C)N(Cc4ccc(F)cc4)C[C@H]3C)cc12. The zero-order chi connectivity index (χ0) is 25.3. The van der Waals surface area contributed by atoms with Gasteiger partial charge in [-0.25, -0.2) is 9.37 Å². The van der Waals surface area contributed by atoms with Crippen LogP contribution in [0, 0.1) is 12.7 Å². The lowest BCUT2D eigenvalue weighted by Gasteiger charge is -2.44. The highest BCUT2D eigenvalue weighted by atomic mass is 19.1. The van der Waals surface area contributed by atoms with E-state index < -0.39 is 11.7 Å². The number of fused-ring (bicyclic) bond motifs is 1. The van der Waals surface area contributed by atoms with Crippen LogP contribution < -0.4 is 5.32 Å². The van der Waals surface area contributed by atoms with Gasteiger partial charge in [-0.15, -0.1) is 0 Å². The summed E-state index contributed by atoms with van der Waals surface area (Å²) in [4.78, 5) is 49.8. The second-order valence-corrected chi connectivity index (χ2v) is 9.12. The van der Waals surface area contributed by atoms with E-state index in [-0.39, 0.29) is 29.4 Å². The molecule has 1 saturated heterocycles. The van der Waals surface area contributed by atoms with Crippen LogP contribution in [0.15, 0.2) is 36.5 Å². The fourth-order valence-corrected chi connectivity index (χ4v) is 4.59. The van der Waals surface area contributed by atoms with Gasteiger partial charge in [-0.2, -0.15) is 0 Å². The third-order valence-electron chi connectivity index (χ3n) is 6.55. The van der Waals surface area contributed by atoms with E-state index in [9.17, 15) is 18.8 Å². The predicted molar refractivity (Wildman–Crippen MR) is 131 cm³/mol. The predicted octanol–water partition coefficient (Wildman–Crippen LogP) is 3.06. The monoisotopic (exact) mass is 479 g/mol. The van der Waals surface area contributed by atoms with Gasteiger partial charge in [0.2, 0.25) is 0 Å². The standard InChI is InChI=1S/C26H30FN5O3/c1-5-28-25(34)23(33)22-11-29-24-21(22)10-20(17(4)30-24)26(35)32-13-15(2)31(12-16(32)3)14-18-6-8-19(27)9-7-18/h6-11,15-16H,5,12-14H2,1-4H3,(H,28,34)(H,29,30)/t15-,16+/m0/s1. The van der Waals surface area contributed by atoms with Crippen molar-refractivity contribution < 1.29 is 18.8 Å². The lowest BCUT2D eigenvalue weighted by molar-refractivity contribution is -0.116. The Bertz CT molecular complexity index is 1270. The summed E-state index contributed by atoms with van der Waals surface area (Å²) in [7, 11) is 0. The molecule has 3 heterocycles. The van der Waals surface area contributed by atoms with Crippen molar-refractivity contribution in [3.05, 3.63) is 64.7 Å². The van der Waals surface area contributed by atoms with Crippen molar-refractivity contribution >= 4 is 28.6 Å². The van der Waals surface area contributed by atoms with Crippen LogP contribution in [-0.2, 0) is 11.3 Å². The molecule has 1 aliphatic heterocycles. The summed E-state index contributed by atoms with van der Waals surface area (Å²) in [5.74, 6) is -1.78. The number of nitrogens with zero attached hydrogens (tertiary/aromatic N) is 3. The van der Waals surface area contributed by atoms with E-state index in [1.807, 2.05) is 11.8 Å². The first-order valence-electron chi connectivity index (χ1n) is 11.8. The van der Waals surface area contributed by atoms with Crippen molar-refractivity contribution in [3.8, 4) is 0 Å². The van der Waals surface area contributed by atoms with Crippen LogP contribution in [0.25, 0.3) is 11.0 Å². The molecule has 1 fully saturated rings. The van der Waals surface area contributed by atoms with E-state index in [1.54, 1.807) is 32.0 Å². The van der Waals surface area contributed by atoms with E-state index in [0.717, 1.165) is 5.56 Å². The van der Waals surface area contributed by atoms with E-state index in [1.165, 1.54) is 18.3 Å². The van der Waals surface area contributed by atoms with Crippen LogP contribution in [0.5, 0.6) is 0 Å². The largest absolute Gasteiger partial charge is 0.349 e. The summed E-state index contributed by atoms with van der Waals surface area (Å²) in [6.45, 7) is 9.79. The number of rotatable bonds is 6. The average Bonchev–Trinajstić information content (AvgIpc) is 3.23. The number of aryl methyl sites for hydroxylation is 1. The minimum absolute atomic E-state index is 0.0584. The number of carbonyl (C=O) groups excluding carboxylic acids is 3. The maximum absolute atomic E-state index is 13.6. The Morgan fingerprint density at radius 3 is 2.51 bits per heavy atom. The first-order chi connectivity index (χ1) is 16.7. The normalized spacial score (nSPS) is 18.6. The highest BCUT2D eigenvalue weighted by molar-refractivity contribution is 6.44. The highest BCUT2D eigenvalue weighted by Gasteiger charge is 2.33. The number of aromatic amines is 1. The van der Waals surface area contributed by atoms with Crippen LogP contribution >= 0.6 is 0 Å². The Morgan fingerprint density at radius 1 is 1.11 bits per heavy atom. The number of piperazine rings is 1. The van der Waals surface area contributed by atoms with Crippen molar-refractivity contribution in [1.82, 2.24) is 25.1 Å². The van der Waals surface area contributed by atoms with E-state index in [0.29, 0.717) is 48.5 Å². The van der Waals surface area contributed by atoms with Gasteiger partial charge in [0.15, 0.2) is 0 Å². The molecular formula is C26H30FN5O3. The second kappa shape index (κ2) is 9.95. The van der Waals surface area contributed by atoms with Gasteiger partial charge in [-0.3, -0.25) is 19.3 Å². The molecule has 35 heavy (non-hydrogen) atoms. The van der Waals surface area contributed by atoms with Gasteiger partial charge in [-0.05, 0) is 51.5 Å². The zero-order valence-corrected chi connectivity index (χ0v) is 20.4. The van der Waals surface area contributed by atoms with Crippen LogP contribution in [0.1, 0.15) is 52.7 Å². The Kier molecular flexibility index (Phi) is 6.98. The number of carbonyl (C=O) groups is 3. The van der Waals surface area contributed by atoms with Gasteiger partial charge >= 0.3 is 0 Å². The van der Waals surface area contributed by atoms with Crippen LogP contribution in [-0.4, -0.2) is 69.1 Å². The molecule has 0 saturated carbocycles. The molecule has 9 heteroatoms. The number of nitrogens with one attached hydrogen (secondary N) is 2. The van der Waals surface area contributed by atoms with Crippen LogP contribution in [0.4, 0.5) is 4.39 Å². The molecule has 2 amide bonds. The molecule has 4 rings (SSSR count). The number of amides is 2. The fourth-order valence-electron chi connectivity index (χ4n) is 4.59. The molecule has 0 bridgehead atoms. The molecule has 0 spiro atoms. The lowest BCUT2D eigenvalue weighted by Crippen LogP contribution is -2.57. The summed E-state index contributed by atoms with van der Waals surface area (Å²) in [6, 6.07) is 8.18. The van der Waals surface area contributed by atoms with Gasteiger partial charge in [0.1, 0.15) is 11.5 Å². The second-order valence-electron chi connectivity index (χ2n) is 9.12. The Morgan fingerprint density at radius 2 is 1.83 bits per heavy atom. The van der Waals surface area contributed by atoms with Gasteiger partial charge in [-0.1, -0.05) is 12.1 Å². The molecule has 2 N–H and O–H groups in total. The number of benzene rings is 1. The first-order valence-corrected chi connectivity index (χ1v) is 11.8. The third kappa shape index (κ3) is 4.95. The zero-order valence-electron chi connectivity index (χ0n) is 20.4. The number of hydrogen-bond donors (Lipinski definition) is 2. The Balaban J connectivity index is 1.56. The van der Waals surface area contributed by atoms with Crippen LogP contribution in [0.3, 0.4) is 0 Å². The maximum atomic E-state index is 13.6. The summed E-state index contributed by atoms with van der Waals surface area (Å²) in [5.41, 5.74) is 2.63. The summed E-state index contributed by atoms with van der Waals surface area (Å²) in [5, 5.41) is 2.96. The smallest absolute Gasteiger partial charge is 0.292 e. The van der Waals surface area contributed by atoms with Crippen molar-refractivity contribution in [2.75, 3.05) is 19.6 Å². The molecule has 2 atom stereocenters. The molecule has 0 aliphatic carbocycles. The van der Waals surface area contributed by atoms with Gasteiger partial charge in [0.05, 0.1) is 16.8 Å². The number of pyridine rings is 1. The van der Waals surface area contributed by atoms with E-state index in [4.69, 9.17) is 0 Å². The molecule has 0 unspecified atom stereocenters. The molecule has 3 aromatic rings. The number of aromatic nitrogens is 2. The van der Waals surface area contributed by atoms with Crippen molar-refractivity contribution in [1.29, 1.82) is 0 Å². The Labute approximate surface area is 203 Å². The maximum Gasteiger partial charge on any atom is 0.292 e. The molecule has 2 aromatic heterocycles. The van der Waals surface area contributed by atoms with Crippen LogP contribution in [0.2, 0.25) is 0 Å². The van der Waals surface area contributed by atoms with Crippen molar-refractivity contribution in [2.24, 2.45) is 0 Å². The number of likely N-dealkylation sites (N-methyl/N-ethyl adjacent to an activating group) is 1. The molecular weight excluding hydrogens is 449 g/mol. The number of H-pyrrole nitrogens is 1. The van der Waals surface area contributed by atoms with Gasteiger partial charge in [0, 0.05) is 49.8 Å². The fraction of sp³-hybridized carbons (Fsp3) is 0.385. The number of ketones is 1. The molecule has 1 aliphatic rings. The van der Waals surface area contributed by atoms with Gasteiger partial charge in [0.25, 0.3) is 17.6 Å². The third-order valence-corrected chi connectivity index (χ3v) is 6.55. The minimum Gasteiger partial charge on any atom is -0.349 e. The average molecular weight is 480 g/mol. The quantitative estimate of drug-likeness (QED) is 0.418. The number of halogens is 1. The summed E-state index contributed by atoms with van der Waals surface area (Å²) >= 11 is 0. The number of Topliss-reactive ketones (excluding diaryl/α,β-unsaturated/α-hetero) is 1. The number of hydrogen-bond acceptors (Lipinski definition) is 5. The molecule has 1 aromatic carbocycles. The molecule has 0 radical (unpaired) electrons. The van der Waals surface area contributed by atoms with Crippen molar-refractivity contribution in [3.63, 3.8) is 0 Å². The van der Waals surface area contributed by atoms with Crippen molar-refractivity contribution in [2.45, 2.75) is 46.3 Å². The van der Waals surface area contributed by atoms with E-state index in [2.05, 4.69) is 27.1 Å². The molecule has 184 valence electrons. The van der Waals surface area contributed by atoms with E-state index >= 15 is 0 Å². The topological polar surface area (TPSA) is 98.4 Å². The minimum atomic E-state index is -0.693. The summed E-state index contributed by atoms with van der Waals surface area (Å²) < 4.78 is 13.3. The summed E-state index contributed by atoms with van der Waals surface area (Å²) in [6.07, 6.45) is 1.46. The highest BCUT2D eigenvalue weighted by Crippen LogP contribution is 2.25. The van der Waals surface area contributed by atoms with Gasteiger partial charge < -0.3 is 15.2 Å². The molecule has 8 nitrogen and oxygen atoms in total. The lowest BCUT2D eigenvalue weighted by atomic mass is 10.0. The Hall–Kier alpha value is -3.59. The first kappa shape index (κ1) is 24.5.